The van der Waals surface area contributed by atoms with Gasteiger partial charge in [0.1, 0.15) is 0 Å². The van der Waals surface area contributed by atoms with Crippen LogP contribution in [0.1, 0.15) is 13.3 Å². The van der Waals surface area contributed by atoms with Crippen molar-refractivity contribution in [2.75, 3.05) is 13.7 Å². The van der Waals surface area contributed by atoms with E-state index in [0.717, 1.165) is 12.1 Å². The summed E-state index contributed by atoms with van der Waals surface area (Å²) in [6, 6.07) is 0. The second-order valence-corrected chi connectivity index (χ2v) is 9.77. The molecule has 0 aromatic heterocycles. The molecule has 0 aromatic carbocycles. The van der Waals surface area contributed by atoms with E-state index in [9.17, 15) is 0 Å². The van der Waals surface area contributed by atoms with Crippen molar-refractivity contribution in [1.29, 1.82) is 0 Å². The molecule has 10 heavy (non-hydrogen) atoms. The first-order valence-corrected chi connectivity index (χ1v) is 7.55. The highest BCUT2D eigenvalue weighted by Gasteiger charge is 2.21. The van der Waals surface area contributed by atoms with Crippen LogP contribution in [0.3, 0.4) is 0 Å². The summed E-state index contributed by atoms with van der Waals surface area (Å²) < 4.78 is 5.03. The summed E-state index contributed by atoms with van der Waals surface area (Å²) >= 11 is 0. The summed E-state index contributed by atoms with van der Waals surface area (Å²) in [4.78, 5) is 0. The average molecular weight is 160 g/mol. The van der Waals surface area contributed by atoms with Crippen LogP contribution in [0.15, 0.2) is 0 Å². The van der Waals surface area contributed by atoms with Gasteiger partial charge < -0.3 is 4.74 Å². The highest BCUT2D eigenvalue weighted by atomic mass is 28.3. The van der Waals surface area contributed by atoms with Crippen LogP contribution in [-0.4, -0.2) is 21.8 Å². The molecule has 1 nitrogen and oxygen atoms in total. The molecule has 0 aliphatic rings. The van der Waals surface area contributed by atoms with Crippen molar-refractivity contribution in [2.45, 2.75) is 38.5 Å². The van der Waals surface area contributed by atoms with Crippen molar-refractivity contribution in [3.8, 4) is 0 Å². The molecule has 2 heteroatoms. The molecular weight excluding hydrogens is 140 g/mol. The number of rotatable bonds is 4. The van der Waals surface area contributed by atoms with Crippen molar-refractivity contribution < 1.29 is 4.74 Å². The van der Waals surface area contributed by atoms with Gasteiger partial charge in [0.15, 0.2) is 0 Å². The van der Waals surface area contributed by atoms with Crippen LogP contribution < -0.4 is 0 Å². The van der Waals surface area contributed by atoms with Crippen molar-refractivity contribution in [2.24, 2.45) is 0 Å². The highest BCUT2D eigenvalue weighted by Crippen LogP contribution is 2.23. The van der Waals surface area contributed by atoms with E-state index in [4.69, 9.17) is 4.74 Å². The number of hydrogen-bond donors (Lipinski definition) is 0. The van der Waals surface area contributed by atoms with Crippen LogP contribution in [0.4, 0.5) is 0 Å². The summed E-state index contributed by atoms with van der Waals surface area (Å²) in [7, 11) is 0.897. The van der Waals surface area contributed by atoms with Gasteiger partial charge in [0.25, 0.3) is 0 Å². The van der Waals surface area contributed by atoms with E-state index in [-0.39, 0.29) is 0 Å². The zero-order chi connectivity index (χ0) is 8.20. The Morgan fingerprint density at radius 3 is 2.10 bits per heavy atom. The molecule has 0 heterocycles. The fourth-order valence-electron chi connectivity index (χ4n) is 0.728. The normalized spacial score (nSPS) is 15.3. The minimum atomic E-state index is -0.878. The molecule has 0 bridgehead atoms. The Morgan fingerprint density at radius 2 is 1.80 bits per heavy atom. The van der Waals surface area contributed by atoms with Gasteiger partial charge in [-0.05, 0) is 12.0 Å². The standard InChI is InChI=1S/C8H20OSi/c1-8(6-7-9-2)10(3,4)5/h8H,6-7H2,1-5H3. The molecule has 62 valence electrons. The van der Waals surface area contributed by atoms with Gasteiger partial charge in [-0.1, -0.05) is 26.6 Å². The molecule has 0 amide bonds. The third kappa shape index (κ3) is 4.07. The van der Waals surface area contributed by atoms with Gasteiger partial charge in [-0.25, -0.2) is 0 Å². The largest absolute Gasteiger partial charge is 0.385 e. The topological polar surface area (TPSA) is 9.23 Å². The Balaban J connectivity index is 3.52. The molecule has 0 radical (unpaired) electrons. The average Bonchev–Trinajstić information content (AvgIpc) is 1.80. The monoisotopic (exact) mass is 160 g/mol. The minimum Gasteiger partial charge on any atom is -0.385 e. The predicted molar refractivity (Wildman–Crippen MR) is 49.3 cm³/mol. The fraction of sp³-hybridized carbons (Fsp3) is 1.00. The predicted octanol–water partition coefficient (Wildman–Crippen LogP) is 2.75. The van der Waals surface area contributed by atoms with E-state index < -0.39 is 8.07 Å². The Kier molecular flexibility index (Phi) is 4.21. The molecule has 0 saturated carbocycles. The third-order valence-corrected chi connectivity index (χ3v) is 5.48. The molecule has 0 saturated heterocycles. The van der Waals surface area contributed by atoms with Crippen LogP contribution >= 0.6 is 0 Å². The van der Waals surface area contributed by atoms with E-state index in [0.29, 0.717) is 0 Å². The lowest BCUT2D eigenvalue weighted by Gasteiger charge is -2.24. The summed E-state index contributed by atoms with van der Waals surface area (Å²) in [5.41, 5.74) is 0.882. The zero-order valence-corrected chi connectivity index (χ0v) is 8.90. The molecule has 0 N–H and O–H groups in total. The number of methoxy groups -OCH3 is 1. The number of hydrogen-bond acceptors (Lipinski definition) is 1. The maximum absolute atomic E-state index is 5.03. The maximum Gasteiger partial charge on any atom is 0.0471 e. The van der Waals surface area contributed by atoms with Gasteiger partial charge in [0, 0.05) is 21.8 Å². The molecule has 0 spiro atoms. The maximum atomic E-state index is 5.03. The highest BCUT2D eigenvalue weighted by molar-refractivity contribution is 6.77. The molecular formula is C8H20OSi. The SMILES string of the molecule is COCCC(C)[Si](C)(C)C. The van der Waals surface area contributed by atoms with Gasteiger partial charge >= 0.3 is 0 Å². The van der Waals surface area contributed by atoms with Crippen LogP contribution in [0.2, 0.25) is 25.2 Å². The molecule has 0 rings (SSSR count). The summed E-state index contributed by atoms with van der Waals surface area (Å²) in [6.07, 6.45) is 1.23. The van der Waals surface area contributed by atoms with Crippen LogP contribution in [0, 0.1) is 0 Å². The van der Waals surface area contributed by atoms with Gasteiger partial charge in [-0.2, -0.15) is 0 Å². The lowest BCUT2D eigenvalue weighted by atomic mass is 10.3. The fourth-order valence-corrected chi connectivity index (χ4v) is 1.71. The third-order valence-electron chi connectivity index (χ3n) is 2.23. The summed E-state index contributed by atoms with van der Waals surface area (Å²) in [5.74, 6) is 0. The molecule has 1 unspecified atom stereocenters. The first-order chi connectivity index (χ1) is 4.48. The van der Waals surface area contributed by atoms with Gasteiger partial charge in [0.2, 0.25) is 0 Å². The quantitative estimate of drug-likeness (QED) is 0.575. The molecule has 0 aliphatic carbocycles. The first-order valence-electron chi connectivity index (χ1n) is 3.97. The molecule has 1 atom stereocenters. The van der Waals surface area contributed by atoms with Crippen molar-refractivity contribution in [3.63, 3.8) is 0 Å². The van der Waals surface area contributed by atoms with E-state index in [2.05, 4.69) is 26.6 Å². The molecule has 0 aromatic rings. The summed E-state index contributed by atoms with van der Waals surface area (Å²) in [6.45, 7) is 10.5. The molecule has 0 fully saturated rings. The first kappa shape index (κ1) is 10.2. The summed E-state index contributed by atoms with van der Waals surface area (Å²) in [5, 5.41) is 0. The van der Waals surface area contributed by atoms with Crippen LogP contribution in [0.5, 0.6) is 0 Å². The lowest BCUT2D eigenvalue weighted by molar-refractivity contribution is 0.193. The molecule has 0 aliphatic heterocycles. The second kappa shape index (κ2) is 4.14. The van der Waals surface area contributed by atoms with Crippen molar-refractivity contribution in [1.82, 2.24) is 0 Å². The van der Waals surface area contributed by atoms with E-state index >= 15 is 0 Å². The Morgan fingerprint density at radius 1 is 1.30 bits per heavy atom. The lowest BCUT2D eigenvalue weighted by Crippen LogP contribution is -2.26. The Bertz CT molecular complexity index is 85.7. The number of ether oxygens (including phenoxy) is 1. The Labute approximate surface area is 65.8 Å². The Hall–Kier alpha value is 0.177. The van der Waals surface area contributed by atoms with Crippen LogP contribution in [-0.2, 0) is 4.74 Å². The van der Waals surface area contributed by atoms with Gasteiger partial charge in [0.05, 0.1) is 0 Å². The van der Waals surface area contributed by atoms with E-state index in [1.165, 1.54) is 6.42 Å². The van der Waals surface area contributed by atoms with E-state index in [1.807, 2.05) is 0 Å². The van der Waals surface area contributed by atoms with Gasteiger partial charge in [-0.15, -0.1) is 0 Å². The van der Waals surface area contributed by atoms with Gasteiger partial charge in [-0.3, -0.25) is 0 Å². The van der Waals surface area contributed by atoms with Crippen molar-refractivity contribution >= 4 is 8.07 Å². The van der Waals surface area contributed by atoms with Crippen molar-refractivity contribution in [3.05, 3.63) is 0 Å². The smallest absolute Gasteiger partial charge is 0.0471 e. The second-order valence-electron chi connectivity index (χ2n) is 4.05. The van der Waals surface area contributed by atoms with Crippen LogP contribution in [0.25, 0.3) is 0 Å². The zero-order valence-electron chi connectivity index (χ0n) is 7.90. The van der Waals surface area contributed by atoms with E-state index in [1.54, 1.807) is 7.11 Å². The minimum absolute atomic E-state index is 0.878.